The number of likely N-dealkylation sites (tertiary alicyclic amines) is 1. The molecule has 1 atom stereocenters. The summed E-state index contributed by atoms with van der Waals surface area (Å²) in [5.74, 6) is 2.24. The number of rotatable bonds is 5. The summed E-state index contributed by atoms with van der Waals surface area (Å²) < 4.78 is 5.45. The van der Waals surface area contributed by atoms with Crippen molar-refractivity contribution in [3.05, 3.63) is 17.6 Å². The van der Waals surface area contributed by atoms with Gasteiger partial charge in [-0.05, 0) is 39.3 Å². The van der Waals surface area contributed by atoms with Crippen molar-refractivity contribution in [1.29, 1.82) is 0 Å². The van der Waals surface area contributed by atoms with E-state index in [4.69, 9.17) is 4.74 Å². The highest BCUT2D eigenvalue weighted by molar-refractivity contribution is 5.37. The van der Waals surface area contributed by atoms with Crippen LogP contribution in [0.1, 0.15) is 36.7 Å². The summed E-state index contributed by atoms with van der Waals surface area (Å²) in [6.45, 7) is 8.16. The molecule has 1 aromatic heterocycles. The standard InChI is InChI=1S/C15H24N4O/c1-12-17-14(13-4-9-20-11-13)10-15(18-12)16-5-8-19-6-2-3-7-19/h10,13H,2-9,11H2,1H3,(H,16,17,18). The number of ether oxygens (including phenoxy) is 1. The lowest BCUT2D eigenvalue weighted by atomic mass is 10.0. The first-order chi connectivity index (χ1) is 9.81. The highest BCUT2D eigenvalue weighted by atomic mass is 16.5. The Bertz CT molecular complexity index is 439. The number of nitrogens with zero attached hydrogens (tertiary/aromatic N) is 3. The fourth-order valence-corrected chi connectivity index (χ4v) is 3.01. The first-order valence-electron chi connectivity index (χ1n) is 7.71. The SMILES string of the molecule is Cc1nc(NCCN2CCCC2)cc(C2CCOC2)n1. The van der Waals surface area contributed by atoms with Crippen LogP contribution in [-0.4, -0.2) is 54.3 Å². The molecule has 0 aliphatic carbocycles. The number of hydrogen-bond donors (Lipinski definition) is 1. The Morgan fingerprint density at radius 3 is 2.95 bits per heavy atom. The Labute approximate surface area is 120 Å². The van der Waals surface area contributed by atoms with Crippen molar-refractivity contribution in [3.63, 3.8) is 0 Å². The average molecular weight is 276 g/mol. The van der Waals surface area contributed by atoms with Crippen LogP contribution >= 0.6 is 0 Å². The van der Waals surface area contributed by atoms with Crippen LogP contribution in [-0.2, 0) is 4.74 Å². The second-order valence-corrected chi connectivity index (χ2v) is 5.76. The third-order valence-electron chi connectivity index (χ3n) is 4.14. The summed E-state index contributed by atoms with van der Waals surface area (Å²) in [4.78, 5) is 11.6. The highest BCUT2D eigenvalue weighted by Gasteiger charge is 2.20. The highest BCUT2D eigenvalue weighted by Crippen LogP contribution is 2.24. The Hall–Kier alpha value is -1.20. The minimum absolute atomic E-state index is 0.441. The predicted molar refractivity (Wildman–Crippen MR) is 79.1 cm³/mol. The van der Waals surface area contributed by atoms with Crippen molar-refractivity contribution in [1.82, 2.24) is 14.9 Å². The minimum Gasteiger partial charge on any atom is -0.381 e. The van der Waals surface area contributed by atoms with E-state index in [9.17, 15) is 0 Å². The molecule has 1 N–H and O–H groups in total. The molecule has 0 aromatic carbocycles. The Morgan fingerprint density at radius 2 is 2.20 bits per heavy atom. The summed E-state index contributed by atoms with van der Waals surface area (Å²) in [6.07, 6.45) is 3.76. The van der Waals surface area contributed by atoms with Gasteiger partial charge in [0.05, 0.1) is 12.3 Å². The molecule has 0 bridgehead atoms. The Balaban J connectivity index is 1.57. The Morgan fingerprint density at radius 1 is 1.35 bits per heavy atom. The van der Waals surface area contributed by atoms with E-state index in [1.165, 1.54) is 25.9 Å². The molecule has 2 saturated heterocycles. The van der Waals surface area contributed by atoms with Gasteiger partial charge < -0.3 is 15.0 Å². The lowest BCUT2D eigenvalue weighted by Gasteiger charge is -2.16. The van der Waals surface area contributed by atoms with Crippen molar-refractivity contribution < 1.29 is 4.74 Å². The topological polar surface area (TPSA) is 50.3 Å². The van der Waals surface area contributed by atoms with Crippen LogP contribution in [0.5, 0.6) is 0 Å². The molecule has 0 spiro atoms. The van der Waals surface area contributed by atoms with Crippen LogP contribution < -0.4 is 5.32 Å². The van der Waals surface area contributed by atoms with Gasteiger partial charge in [0.25, 0.3) is 0 Å². The van der Waals surface area contributed by atoms with Crippen LogP contribution in [0.15, 0.2) is 6.07 Å². The number of nitrogens with one attached hydrogen (secondary N) is 1. The lowest BCUT2D eigenvalue weighted by Crippen LogP contribution is -2.26. The molecule has 110 valence electrons. The minimum atomic E-state index is 0.441. The monoisotopic (exact) mass is 276 g/mol. The van der Waals surface area contributed by atoms with Crippen molar-refractivity contribution in [2.45, 2.75) is 32.1 Å². The normalized spacial score (nSPS) is 23.4. The van der Waals surface area contributed by atoms with Gasteiger partial charge in [0.1, 0.15) is 11.6 Å². The van der Waals surface area contributed by atoms with Gasteiger partial charge in [-0.3, -0.25) is 0 Å². The summed E-state index contributed by atoms with van der Waals surface area (Å²) in [5.41, 5.74) is 1.12. The van der Waals surface area contributed by atoms with Gasteiger partial charge >= 0.3 is 0 Å². The van der Waals surface area contributed by atoms with E-state index in [-0.39, 0.29) is 0 Å². The first-order valence-corrected chi connectivity index (χ1v) is 7.71. The molecule has 1 unspecified atom stereocenters. The van der Waals surface area contributed by atoms with Gasteiger partial charge in [0, 0.05) is 31.7 Å². The van der Waals surface area contributed by atoms with E-state index in [0.29, 0.717) is 5.92 Å². The number of anilines is 1. The van der Waals surface area contributed by atoms with Crippen LogP contribution in [0.3, 0.4) is 0 Å². The molecule has 0 radical (unpaired) electrons. The van der Waals surface area contributed by atoms with Crippen LogP contribution in [0, 0.1) is 6.92 Å². The van der Waals surface area contributed by atoms with E-state index in [1.807, 2.05) is 6.92 Å². The van der Waals surface area contributed by atoms with Gasteiger partial charge in [-0.1, -0.05) is 0 Å². The molecular formula is C15H24N4O. The molecule has 0 amide bonds. The molecule has 5 heteroatoms. The first kappa shape index (κ1) is 13.8. The predicted octanol–water partition coefficient (Wildman–Crippen LogP) is 1.80. The summed E-state index contributed by atoms with van der Waals surface area (Å²) in [7, 11) is 0. The van der Waals surface area contributed by atoms with Crippen LogP contribution in [0.25, 0.3) is 0 Å². The molecule has 20 heavy (non-hydrogen) atoms. The van der Waals surface area contributed by atoms with Gasteiger partial charge in [-0.15, -0.1) is 0 Å². The zero-order chi connectivity index (χ0) is 13.8. The van der Waals surface area contributed by atoms with E-state index in [1.54, 1.807) is 0 Å². The number of hydrogen-bond acceptors (Lipinski definition) is 5. The molecule has 3 rings (SSSR count). The largest absolute Gasteiger partial charge is 0.381 e. The third kappa shape index (κ3) is 3.46. The number of aromatic nitrogens is 2. The Kier molecular flexibility index (Phi) is 4.47. The smallest absolute Gasteiger partial charge is 0.129 e. The van der Waals surface area contributed by atoms with Crippen molar-refractivity contribution in [2.24, 2.45) is 0 Å². The fraction of sp³-hybridized carbons (Fsp3) is 0.733. The molecule has 2 fully saturated rings. The van der Waals surface area contributed by atoms with Crippen LogP contribution in [0.4, 0.5) is 5.82 Å². The van der Waals surface area contributed by atoms with Crippen molar-refractivity contribution >= 4 is 5.82 Å². The summed E-state index contributed by atoms with van der Waals surface area (Å²) in [6, 6.07) is 2.09. The molecule has 0 saturated carbocycles. The van der Waals surface area contributed by atoms with E-state index < -0.39 is 0 Å². The zero-order valence-electron chi connectivity index (χ0n) is 12.3. The summed E-state index contributed by atoms with van der Waals surface area (Å²) >= 11 is 0. The van der Waals surface area contributed by atoms with Gasteiger partial charge in [0.15, 0.2) is 0 Å². The summed E-state index contributed by atoms with van der Waals surface area (Å²) in [5, 5.41) is 3.44. The number of aryl methyl sites for hydroxylation is 1. The molecule has 1 aromatic rings. The van der Waals surface area contributed by atoms with Crippen molar-refractivity contribution in [3.8, 4) is 0 Å². The molecule has 5 nitrogen and oxygen atoms in total. The van der Waals surface area contributed by atoms with Gasteiger partial charge in [-0.2, -0.15) is 0 Å². The van der Waals surface area contributed by atoms with E-state index in [2.05, 4.69) is 26.3 Å². The molecule has 3 heterocycles. The lowest BCUT2D eigenvalue weighted by molar-refractivity contribution is 0.193. The van der Waals surface area contributed by atoms with Crippen LogP contribution in [0.2, 0.25) is 0 Å². The zero-order valence-corrected chi connectivity index (χ0v) is 12.3. The molecule has 2 aliphatic heterocycles. The maximum atomic E-state index is 5.45. The van der Waals surface area contributed by atoms with Crippen molar-refractivity contribution in [2.75, 3.05) is 44.7 Å². The van der Waals surface area contributed by atoms with Gasteiger partial charge in [-0.25, -0.2) is 9.97 Å². The quantitative estimate of drug-likeness (QED) is 0.888. The molecular weight excluding hydrogens is 252 g/mol. The third-order valence-corrected chi connectivity index (χ3v) is 4.14. The second kappa shape index (κ2) is 6.50. The average Bonchev–Trinajstić information content (AvgIpc) is 3.11. The second-order valence-electron chi connectivity index (χ2n) is 5.76. The maximum Gasteiger partial charge on any atom is 0.129 e. The fourth-order valence-electron chi connectivity index (χ4n) is 3.01. The van der Waals surface area contributed by atoms with Gasteiger partial charge in [0.2, 0.25) is 0 Å². The van der Waals surface area contributed by atoms with E-state index in [0.717, 1.165) is 50.1 Å². The molecule has 2 aliphatic rings. The van der Waals surface area contributed by atoms with E-state index >= 15 is 0 Å². The maximum absolute atomic E-state index is 5.45.